The molecule has 0 atom stereocenters. The zero-order chi connectivity index (χ0) is 15.2. The Hall–Kier alpha value is -0.640. The van der Waals surface area contributed by atoms with Gasteiger partial charge in [0.15, 0.2) is 0 Å². The van der Waals surface area contributed by atoms with Crippen LogP contribution in [0.25, 0.3) is 0 Å². The van der Waals surface area contributed by atoms with Crippen molar-refractivity contribution in [3.8, 4) is 0 Å². The van der Waals surface area contributed by atoms with Crippen LogP contribution in [0.3, 0.4) is 0 Å². The summed E-state index contributed by atoms with van der Waals surface area (Å²) in [5.74, 6) is 3.49. The Balaban J connectivity index is 2.08. The molecular weight excluding hydrogens is 326 g/mol. The zero-order valence-corrected chi connectivity index (χ0v) is 15.2. The minimum Gasteiger partial charge on any atom is -0.369 e. The third kappa shape index (κ3) is 4.41. The predicted molar refractivity (Wildman–Crippen MR) is 92.9 cm³/mol. The molecule has 3 nitrogen and oxygen atoms in total. The second-order valence-electron chi connectivity index (χ2n) is 6.26. The molecule has 0 unspecified atom stereocenters. The van der Waals surface area contributed by atoms with E-state index < -0.39 is 0 Å². The summed E-state index contributed by atoms with van der Waals surface area (Å²) in [4.78, 5) is 9.53. The van der Waals surface area contributed by atoms with Crippen LogP contribution >= 0.6 is 15.9 Å². The van der Waals surface area contributed by atoms with Gasteiger partial charge >= 0.3 is 0 Å². The lowest BCUT2D eigenvalue weighted by Gasteiger charge is -2.28. The highest BCUT2D eigenvalue weighted by molar-refractivity contribution is 9.10. The van der Waals surface area contributed by atoms with Crippen LogP contribution in [0.5, 0.6) is 0 Å². The molecule has 2 rings (SSSR count). The number of rotatable bonds is 6. The Bertz CT molecular complexity index is 454. The van der Waals surface area contributed by atoms with Crippen LogP contribution in [-0.4, -0.2) is 16.5 Å². The van der Waals surface area contributed by atoms with Gasteiger partial charge < -0.3 is 5.32 Å². The van der Waals surface area contributed by atoms with Crippen LogP contribution in [0, 0.1) is 12.8 Å². The van der Waals surface area contributed by atoms with Crippen LogP contribution in [0.4, 0.5) is 5.82 Å². The lowest BCUT2D eigenvalue weighted by molar-refractivity contribution is 0.302. The molecule has 0 bridgehead atoms. The summed E-state index contributed by atoms with van der Waals surface area (Å²) >= 11 is 3.61. The minimum absolute atomic E-state index is 0.548. The van der Waals surface area contributed by atoms with Gasteiger partial charge in [0.2, 0.25) is 0 Å². The average molecular weight is 354 g/mol. The standard InChI is InChI=1S/C17H28BrN3/c1-4-6-13-7-9-14(10-8-13)16-20-12(3)15(18)17(21-16)19-11-5-2/h13-14H,4-11H2,1-3H3,(H,19,20,21). The topological polar surface area (TPSA) is 37.8 Å². The third-order valence-electron chi connectivity index (χ3n) is 4.49. The molecule has 1 heterocycles. The predicted octanol–water partition coefficient (Wildman–Crippen LogP) is 5.44. The van der Waals surface area contributed by atoms with E-state index in [0.717, 1.165) is 40.7 Å². The summed E-state index contributed by atoms with van der Waals surface area (Å²) in [6, 6.07) is 0. The van der Waals surface area contributed by atoms with Crippen molar-refractivity contribution < 1.29 is 0 Å². The van der Waals surface area contributed by atoms with Crippen molar-refractivity contribution in [2.24, 2.45) is 5.92 Å². The van der Waals surface area contributed by atoms with E-state index in [4.69, 9.17) is 9.97 Å². The monoisotopic (exact) mass is 353 g/mol. The van der Waals surface area contributed by atoms with Crippen LogP contribution in [-0.2, 0) is 0 Å². The first kappa shape index (κ1) is 16.7. The van der Waals surface area contributed by atoms with Crippen LogP contribution < -0.4 is 5.32 Å². The maximum absolute atomic E-state index is 4.80. The highest BCUT2D eigenvalue weighted by atomic mass is 79.9. The molecule has 1 aliphatic rings. The fraction of sp³-hybridized carbons (Fsp3) is 0.765. The molecule has 0 aromatic carbocycles. The molecule has 1 aliphatic carbocycles. The van der Waals surface area contributed by atoms with E-state index in [1.807, 2.05) is 0 Å². The molecule has 1 N–H and O–H groups in total. The van der Waals surface area contributed by atoms with E-state index in [-0.39, 0.29) is 0 Å². The molecule has 0 saturated heterocycles. The van der Waals surface area contributed by atoms with E-state index in [1.54, 1.807) is 0 Å². The molecule has 1 aromatic heterocycles. The van der Waals surface area contributed by atoms with Gasteiger partial charge in [-0.05, 0) is 60.9 Å². The Morgan fingerprint density at radius 3 is 2.43 bits per heavy atom. The maximum Gasteiger partial charge on any atom is 0.144 e. The second-order valence-corrected chi connectivity index (χ2v) is 7.06. The Morgan fingerprint density at radius 1 is 1.10 bits per heavy atom. The highest BCUT2D eigenvalue weighted by Crippen LogP contribution is 2.37. The Morgan fingerprint density at radius 2 is 1.81 bits per heavy atom. The van der Waals surface area contributed by atoms with Gasteiger partial charge in [0.25, 0.3) is 0 Å². The van der Waals surface area contributed by atoms with Gasteiger partial charge in [-0.2, -0.15) is 0 Å². The summed E-state index contributed by atoms with van der Waals surface area (Å²) in [6.07, 6.45) is 8.98. The largest absolute Gasteiger partial charge is 0.369 e. The average Bonchev–Trinajstić information content (AvgIpc) is 2.50. The molecular formula is C17H28BrN3. The first-order valence-electron chi connectivity index (χ1n) is 8.43. The number of aryl methyl sites for hydroxylation is 1. The number of nitrogens with one attached hydrogen (secondary N) is 1. The first-order valence-corrected chi connectivity index (χ1v) is 9.22. The minimum atomic E-state index is 0.548. The summed E-state index contributed by atoms with van der Waals surface area (Å²) in [7, 11) is 0. The van der Waals surface area contributed by atoms with E-state index in [9.17, 15) is 0 Å². The number of anilines is 1. The summed E-state index contributed by atoms with van der Waals surface area (Å²) < 4.78 is 1.01. The summed E-state index contributed by atoms with van der Waals surface area (Å²) in [5.41, 5.74) is 1.05. The molecule has 21 heavy (non-hydrogen) atoms. The van der Waals surface area contributed by atoms with Crippen molar-refractivity contribution in [2.75, 3.05) is 11.9 Å². The van der Waals surface area contributed by atoms with Gasteiger partial charge in [0, 0.05) is 12.5 Å². The molecule has 4 heteroatoms. The quantitative estimate of drug-likeness (QED) is 0.739. The fourth-order valence-corrected chi connectivity index (χ4v) is 3.56. The van der Waals surface area contributed by atoms with Crippen LogP contribution in [0.2, 0.25) is 0 Å². The van der Waals surface area contributed by atoms with Gasteiger partial charge in [-0.15, -0.1) is 0 Å². The summed E-state index contributed by atoms with van der Waals surface area (Å²) in [5, 5.41) is 3.41. The maximum atomic E-state index is 4.80. The fourth-order valence-electron chi connectivity index (χ4n) is 3.24. The van der Waals surface area contributed by atoms with Gasteiger partial charge in [-0.1, -0.05) is 26.7 Å². The van der Waals surface area contributed by atoms with Crippen molar-refractivity contribution >= 4 is 21.7 Å². The molecule has 1 fully saturated rings. The molecule has 0 radical (unpaired) electrons. The number of hydrogen-bond donors (Lipinski definition) is 1. The van der Waals surface area contributed by atoms with E-state index in [1.165, 1.54) is 38.5 Å². The van der Waals surface area contributed by atoms with Crippen molar-refractivity contribution in [1.29, 1.82) is 0 Å². The van der Waals surface area contributed by atoms with E-state index in [0.29, 0.717) is 5.92 Å². The van der Waals surface area contributed by atoms with Gasteiger partial charge in [0.1, 0.15) is 11.6 Å². The Labute approximate surface area is 137 Å². The van der Waals surface area contributed by atoms with Crippen molar-refractivity contribution in [1.82, 2.24) is 9.97 Å². The highest BCUT2D eigenvalue weighted by Gasteiger charge is 2.24. The smallest absolute Gasteiger partial charge is 0.144 e. The first-order chi connectivity index (χ1) is 10.2. The Kier molecular flexibility index (Phi) is 6.46. The third-order valence-corrected chi connectivity index (χ3v) is 5.43. The SMILES string of the molecule is CCCNc1nc(C2CCC(CCC)CC2)nc(C)c1Br. The molecule has 0 amide bonds. The van der Waals surface area contributed by atoms with E-state index in [2.05, 4.69) is 42.0 Å². The van der Waals surface area contributed by atoms with Crippen molar-refractivity contribution in [2.45, 2.75) is 71.6 Å². The molecule has 0 aliphatic heterocycles. The molecule has 118 valence electrons. The summed E-state index contributed by atoms with van der Waals surface area (Å²) in [6.45, 7) is 7.48. The zero-order valence-electron chi connectivity index (χ0n) is 13.6. The van der Waals surface area contributed by atoms with Crippen LogP contribution in [0.1, 0.15) is 76.2 Å². The van der Waals surface area contributed by atoms with E-state index >= 15 is 0 Å². The molecule has 0 spiro atoms. The van der Waals surface area contributed by atoms with Crippen molar-refractivity contribution in [3.05, 3.63) is 16.0 Å². The number of hydrogen-bond acceptors (Lipinski definition) is 3. The van der Waals surface area contributed by atoms with Gasteiger partial charge in [0.05, 0.1) is 10.2 Å². The van der Waals surface area contributed by atoms with Gasteiger partial charge in [-0.25, -0.2) is 9.97 Å². The molecule has 1 saturated carbocycles. The normalized spacial score (nSPS) is 22.3. The lowest BCUT2D eigenvalue weighted by atomic mass is 9.80. The lowest BCUT2D eigenvalue weighted by Crippen LogP contribution is -2.17. The van der Waals surface area contributed by atoms with Gasteiger partial charge in [-0.3, -0.25) is 0 Å². The number of halogens is 1. The van der Waals surface area contributed by atoms with Crippen molar-refractivity contribution in [3.63, 3.8) is 0 Å². The number of nitrogens with zero attached hydrogens (tertiary/aromatic N) is 2. The van der Waals surface area contributed by atoms with Crippen LogP contribution in [0.15, 0.2) is 4.47 Å². The number of aromatic nitrogens is 2. The molecule has 1 aromatic rings. The second kappa shape index (κ2) is 8.11.